The van der Waals surface area contributed by atoms with Crippen molar-refractivity contribution in [3.05, 3.63) is 29.3 Å². The van der Waals surface area contributed by atoms with Crippen molar-refractivity contribution in [2.45, 2.75) is 4.90 Å². The fourth-order valence-corrected chi connectivity index (χ4v) is 1.83. The summed E-state index contributed by atoms with van der Waals surface area (Å²) in [7, 11) is -4.85. The van der Waals surface area contributed by atoms with Crippen LogP contribution in [0, 0.1) is 0 Å². The van der Waals surface area contributed by atoms with Crippen LogP contribution in [0.1, 0.15) is 20.7 Å². The van der Waals surface area contributed by atoms with Gasteiger partial charge in [0.05, 0.1) is 11.9 Å². The summed E-state index contributed by atoms with van der Waals surface area (Å²) in [6.07, 6.45) is 0. The quantitative estimate of drug-likeness (QED) is 0.432. The number of carbonyl (C=O) groups is 2. The van der Waals surface area contributed by atoms with E-state index in [1.54, 1.807) is 0 Å². The van der Waals surface area contributed by atoms with Crippen LogP contribution in [-0.2, 0) is 10.1 Å². The van der Waals surface area contributed by atoms with Crippen molar-refractivity contribution in [2.75, 3.05) is 0 Å². The van der Waals surface area contributed by atoms with Crippen LogP contribution in [0.4, 0.5) is 0 Å². The van der Waals surface area contributed by atoms with Gasteiger partial charge in [-0.1, -0.05) is 12.1 Å². The molecule has 0 unspecified atom stereocenters. The first-order valence-corrected chi connectivity index (χ1v) is 5.22. The molecule has 0 spiro atoms. The molecule has 1 rings (SSSR count). The maximum absolute atomic E-state index is 10.8. The average Bonchev–Trinajstić information content (AvgIpc) is 2.14. The van der Waals surface area contributed by atoms with Crippen molar-refractivity contribution < 1.29 is 121 Å². The second-order valence-corrected chi connectivity index (χ2v) is 4.12. The maximum atomic E-state index is 10.8. The maximum Gasteiger partial charge on any atom is 1.00 e. The van der Waals surface area contributed by atoms with Crippen molar-refractivity contribution in [3.63, 3.8) is 0 Å². The predicted molar refractivity (Wildman–Crippen MR) is 44.9 cm³/mol. The van der Waals surface area contributed by atoms with Gasteiger partial charge in [-0.2, -0.15) is 8.42 Å². The molecule has 0 fully saturated rings. The molecule has 0 radical (unpaired) electrons. The van der Waals surface area contributed by atoms with Crippen molar-refractivity contribution in [1.82, 2.24) is 0 Å². The third-order valence-corrected chi connectivity index (χ3v) is 2.62. The summed E-state index contributed by atoms with van der Waals surface area (Å²) in [4.78, 5) is 20.1. The van der Waals surface area contributed by atoms with Gasteiger partial charge in [0.1, 0.15) is 4.90 Å². The van der Waals surface area contributed by atoms with Gasteiger partial charge in [-0.3, -0.25) is 4.55 Å². The number of carboxylic acids is 2. The van der Waals surface area contributed by atoms with Crippen LogP contribution in [0.25, 0.3) is 0 Å². The number of hydrogen-bond donors (Lipinski definition) is 1. The standard InChI is InChI=1S/C8H6O7S.3Na/c9-7(10)4-2-1-3-5(16(13,14)15)6(4)8(11)12;;;/h1-3H,(H,9,10)(H,11,12)(H,13,14,15);;;/q;3*+1/p-2. The van der Waals surface area contributed by atoms with Gasteiger partial charge in [0.15, 0.2) is 0 Å². The summed E-state index contributed by atoms with van der Waals surface area (Å²) in [5.74, 6) is -3.92. The van der Waals surface area contributed by atoms with Gasteiger partial charge in [0.2, 0.25) is 0 Å². The molecule has 0 aliphatic carbocycles. The Labute approximate surface area is 175 Å². The Balaban J connectivity index is -0.000000853. The number of rotatable bonds is 3. The van der Waals surface area contributed by atoms with Crippen molar-refractivity contribution in [1.29, 1.82) is 0 Å². The van der Waals surface area contributed by atoms with Crippen LogP contribution in [0.5, 0.6) is 0 Å². The number of aromatic carboxylic acids is 2. The first-order valence-electron chi connectivity index (χ1n) is 3.78. The van der Waals surface area contributed by atoms with Crippen LogP contribution in [0.3, 0.4) is 0 Å². The van der Waals surface area contributed by atoms with Gasteiger partial charge in [-0.25, -0.2) is 0 Å². The molecule has 0 aliphatic heterocycles. The molecule has 19 heavy (non-hydrogen) atoms. The zero-order valence-electron chi connectivity index (χ0n) is 10.5. The summed E-state index contributed by atoms with van der Waals surface area (Å²) >= 11 is 0. The summed E-state index contributed by atoms with van der Waals surface area (Å²) in [5.41, 5.74) is -2.01. The Hall–Kier alpha value is 1.07. The summed E-state index contributed by atoms with van der Waals surface area (Å²) in [6.45, 7) is 0. The second-order valence-electron chi connectivity index (χ2n) is 2.73. The minimum atomic E-state index is -4.85. The minimum Gasteiger partial charge on any atom is -0.545 e. The van der Waals surface area contributed by atoms with E-state index in [-0.39, 0.29) is 88.7 Å². The predicted octanol–water partition coefficient (Wildman–Crippen LogP) is -11.3. The molecule has 0 saturated carbocycles. The van der Waals surface area contributed by atoms with E-state index >= 15 is 0 Å². The minimum absolute atomic E-state index is 0. The molecule has 1 N–H and O–H groups in total. The zero-order chi connectivity index (χ0) is 12.5. The molecule has 1 aromatic carbocycles. The molecule has 0 heterocycles. The normalized spacial score (nSPS) is 9.32. The fourth-order valence-electron chi connectivity index (χ4n) is 1.13. The Kier molecular flexibility index (Phi) is 13.1. The van der Waals surface area contributed by atoms with E-state index in [1.807, 2.05) is 0 Å². The second kappa shape index (κ2) is 9.91. The van der Waals surface area contributed by atoms with Crippen LogP contribution in [0.2, 0.25) is 0 Å². The van der Waals surface area contributed by atoms with Crippen molar-refractivity contribution in [3.8, 4) is 0 Å². The van der Waals surface area contributed by atoms with E-state index in [0.29, 0.717) is 0 Å². The van der Waals surface area contributed by atoms with Crippen molar-refractivity contribution >= 4 is 22.1 Å². The van der Waals surface area contributed by atoms with Crippen LogP contribution in [-0.4, -0.2) is 24.9 Å². The van der Waals surface area contributed by atoms with Gasteiger partial charge in [-0.15, -0.1) is 0 Å². The van der Waals surface area contributed by atoms with Gasteiger partial charge >= 0.3 is 88.7 Å². The van der Waals surface area contributed by atoms with E-state index in [0.717, 1.165) is 18.2 Å². The topological polar surface area (TPSA) is 135 Å². The average molecular weight is 313 g/mol. The number of carbonyl (C=O) groups excluding carboxylic acids is 2. The third kappa shape index (κ3) is 6.58. The largest absolute Gasteiger partial charge is 1.00 e. The van der Waals surface area contributed by atoms with E-state index in [2.05, 4.69) is 0 Å². The monoisotopic (exact) mass is 313 g/mol. The number of benzene rings is 1. The molecule has 0 atom stereocenters. The Morgan fingerprint density at radius 1 is 1.00 bits per heavy atom. The third-order valence-electron chi connectivity index (χ3n) is 1.73. The molecule has 11 heteroatoms. The van der Waals surface area contributed by atoms with Crippen LogP contribution >= 0.6 is 0 Å². The molecule has 0 saturated heterocycles. The summed E-state index contributed by atoms with van der Waals surface area (Å²) < 4.78 is 30.3. The van der Waals surface area contributed by atoms with Gasteiger partial charge in [0.25, 0.3) is 10.1 Å². The summed E-state index contributed by atoms with van der Waals surface area (Å²) in [5, 5.41) is 21.1. The van der Waals surface area contributed by atoms with E-state index in [9.17, 15) is 28.2 Å². The first kappa shape index (κ1) is 25.0. The molecule has 1 aromatic rings. The Morgan fingerprint density at radius 2 is 1.47 bits per heavy atom. The van der Waals surface area contributed by atoms with Crippen LogP contribution in [0.15, 0.2) is 23.1 Å². The fraction of sp³-hybridized carbons (Fsp3) is 0. The number of carboxylic acid groups (broad SMARTS) is 2. The Morgan fingerprint density at radius 3 is 1.79 bits per heavy atom. The molecule has 0 amide bonds. The number of hydrogen-bond acceptors (Lipinski definition) is 6. The molecule has 0 aromatic heterocycles. The SMILES string of the molecule is O=C([O-])c1cccc(S(=O)(=O)O)c1C(=O)[O-].[Na+].[Na+].[Na+]. The van der Waals surface area contributed by atoms with Gasteiger partial charge in [0, 0.05) is 11.1 Å². The smallest absolute Gasteiger partial charge is 0.545 e. The van der Waals surface area contributed by atoms with E-state index < -0.39 is 38.1 Å². The molecular weight excluding hydrogens is 309 g/mol. The van der Waals surface area contributed by atoms with Gasteiger partial charge < -0.3 is 19.8 Å². The van der Waals surface area contributed by atoms with Crippen molar-refractivity contribution in [2.24, 2.45) is 0 Å². The molecule has 86 valence electrons. The molecule has 0 aliphatic rings. The first-order chi connectivity index (χ1) is 7.25. The Bertz CT molecular complexity index is 570. The van der Waals surface area contributed by atoms with Crippen LogP contribution < -0.4 is 98.9 Å². The summed E-state index contributed by atoms with van der Waals surface area (Å²) in [6, 6.07) is 2.53. The molecular formula is C8H4Na3O7S+. The zero-order valence-corrected chi connectivity index (χ0v) is 17.4. The van der Waals surface area contributed by atoms with Gasteiger partial charge in [-0.05, 0) is 6.07 Å². The molecule has 0 bridgehead atoms. The van der Waals surface area contributed by atoms with E-state index in [1.165, 1.54) is 0 Å². The molecule has 7 nitrogen and oxygen atoms in total. The van der Waals surface area contributed by atoms with E-state index in [4.69, 9.17) is 4.55 Å².